The smallest absolute Gasteiger partial charge is 0.134 e. The van der Waals surface area contributed by atoms with Crippen molar-refractivity contribution in [2.24, 2.45) is 0 Å². The number of aryl methyl sites for hydroxylation is 2. The van der Waals surface area contributed by atoms with Crippen molar-refractivity contribution in [3.8, 4) is 21.1 Å². The summed E-state index contributed by atoms with van der Waals surface area (Å²) in [5.74, 6) is 0. The van der Waals surface area contributed by atoms with E-state index in [1.54, 1.807) is 28.2 Å². The molecule has 2 aromatic heterocycles. The van der Waals surface area contributed by atoms with Gasteiger partial charge in [-0.05, 0) is 76.8 Å². The van der Waals surface area contributed by atoms with Crippen LogP contribution in [0.1, 0.15) is 69.7 Å². The van der Waals surface area contributed by atoms with Gasteiger partial charge in [0.2, 0.25) is 0 Å². The normalized spacial score (nSPS) is 17.7. The van der Waals surface area contributed by atoms with Gasteiger partial charge in [0, 0.05) is 10.9 Å². The lowest BCUT2D eigenvalue weighted by atomic mass is 9.62. The van der Waals surface area contributed by atoms with Crippen molar-refractivity contribution in [1.82, 2.24) is 4.98 Å². The topological polar surface area (TPSA) is 12.9 Å². The van der Waals surface area contributed by atoms with Crippen molar-refractivity contribution in [2.75, 3.05) is 0 Å². The fourth-order valence-corrected chi connectivity index (χ4v) is 6.20. The average molecular weight is 396 g/mol. The van der Waals surface area contributed by atoms with Crippen LogP contribution in [0.25, 0.3) is 21.1 Å². The number of thiophene rings is 1. The summed E-state index contributed by atoms with van der Waals surface area (Å²) in [6.07, 6.45) is 3.55. The van der Waals surface area contributed by atoms with Crippen LogP contribution >= 0.6 is 22.7 Å². The molecule has 1 aliphatic carbocycles. The molecule has 0 saturated carbocycles. The molecule has 0 unspecified atom stereocenters. The predicted octanol–water partition coefficient (Wildman–Crippen LogP) is 7.76. The third-order valence-electron chi connectivity index (χ3n) is 6.29. The van der Waals surface area contributed by atoms with Gasteiger partial charge in [-0.25, -0.2) is 4.98 Å². The first-order valence-corrected chi connectivity index (χ1v) is 11.7. The summed E-state index contributed by atoms with van der Waals surface area (Å²) in [4.78, 5) is 6.36. The SMILES string of the molecule is CCc1cc2c(cc1-c1csc(-c3sccc3C)n1)C(C)(C)CCC2(C)C. The molecular weight excluding hydrogens is 366 g/mol. The monoisotopic (exact) mass is 395 g/mol. The molecule has 0 radical (unpaired) electrons. The van der Waals surface area contributed by atoms with Gasteiger partial charge in [0.05, 0.1) is 10.6 Å². The molecule has 0 bridgehead atoms. The lowest BCUT2D eigenvalue weighted by Crippen LogP contribution is -2.34. The van der Waals surface area contributed by atoms with E-state index in [-0.39, 0.29) is 10.8 Å². The number of hydrogen-bond donors (Lipinski definition) is 0. The van der Waals surface area contributed by atoms with Crippen molar-refractivity contribution in [1.29, 1.82) is 0 Å². The number of fused-ring (bicyclic) bond motifs is 1. The standard InChI is InChI=1S/C24H29NS2/c1-7-16-12-18-19(24(5,6)10-9-23(18,3)4)13-17(16)20-14-27-22(25-20)21-15(2)8-11-26-21/h8,11-14H,7,9-10H2,1-6H3. The number of rotatable bonds is 3. The van der Waals surface area contributed by atoms with Crippen molar-refractivity contribution >= 4 is 22.7 Å². The first kappa shape index (κ1) is 18.9. The summed E-state index contributed by atoms with van der Waals surface area (Å²) < 4.78 is 0. The minimum atomic E-state index is 0.231. The van der Waals surface area contributed by atoms with Gasteiger partial charge >= 0.3 is 0 Å². The van der Waals surface area contributed by atoms with Gasteiger partial charge in [0.15, 0.2) is 0 Å². The molecule has 27 heavy (non-hydrogen) atoms. The van der Waals surface area contributed by atoms with Gasteiger partial charge in [0.1, 0.15) is 5.01 Å². The van der Waals surface area contributed by atoms with Crippen LogP contribution in [0.3, 0.4) is 0 Å². The second-order valence-electron chi connectivity index (χ2n) is 9.15. The van der Waals surface area contributed by atoms with E-state index in [2.05, 4.69) is 70.5 Å². The predicted molar refractivity (Wildman–Crippen MR) is 120 cm³/mol. The van der Waals surface area contributed by atoms with Crippen LogP contribution in [0.4, 0.5) is 0 Å². The van der Waals surface area contributed by atoms with Crippen LogP contribution in [0.2, 0.25) is 0 Å². The first-order chi connectivity index (χ1) is 12.7. The van der Waals surface area contributed by atoms with E-state index in [1.807, 2.05) is 0 Å². The summed E-state index contributed by atoms with van der Waals surface area (Å²) in [6.45, 7) is 14.0. The second kappa shape index (κ2) is 6.56. The van der Waals surface area contributed by atoms with E-state index >= 15 is 0 Å². The zero-order valence-electron chi connectivity index (χ0n) is 17.3. The van der Waals surface area contributed by atoms with Gasteiger partial charge < -0.3 is 0 Å². The first-order valence-electron chi connectivity index (χ1n) is 9.91. The Morgan fingerprint density at radius 2 is 1.67 bits per heavy atom. The molecule has 1 aliphatic rings. The van der Waals surface area contributed by atoms with Crippen molar-refractivity contribution in [3.05, 3.63) is 51.2 Å². The molecule has 0 aliphatic heterocycles. The van der Waals surface area contributed by atoms with Crippen molar-refractivity contribution < 1.29 is 0 Å². The molecule has 0 fully saturated rings. The maximum atomic E-state index is 5.05. The number of hydrogen-bond acceptors (Lipinski definition) is 3. The summed E-state index contributed by atoms with van der Waals surface area (Å²) in [6, 6.07) is 7.14. The highest BCUT2D eigenvalue weighted by molar-refractivity contribution is 7.20. The third kappa shape index (κ3) is 3.19. The molecular formula is C24H29NS2. The number of nitrogens with zero attached hydrogens (tertiary/aromatic N) is 1. The van der Waals surface area contributed by atoms with Crippen molar-refractivity contribution in [3.63, 3.8) is 0 Å². The summed E-state index contributed by atoms with van der Waals surface area (Å²) >= 11 is 3.56. The lowest BCUT2D eigenvalue weighted by Gasteiger charge is -2.42. The Bertz CT molecular complexity index is 988. The molecule has 0 saturated heterocycles. The van der Waals surface area contributed by atoms with Crippen LogP contribution < -0.4 is 0 Å². The highest BCUT2D eigenvalue weighted by Gasteiger charge is 2.37. The molecule has 142 valence electrons. The fraction of sp³-hybridized carbons (Fsp3) is 0.458. The molecule has 0 atom stereocenters. The maximum Gasteiger partial charge on any atom is 0.134 e. The number of benzene rings is 1. The Morgan fingerprint density at radius 3 is 2.26 bits per heavy atom. The molecule has 0 amide bonds. The van der Waals surface area contributed by atoms with E-state index in [0.29, 0.717) is 0 Å². The van der Waals surface area contributed by atoms with Crippen LogP contribution in [-0.2, 0) is 17.3 Å². The van der Waals surface area contributed by atoms with Crippen molar-refractivity contribution in [2.45, 2.75) is 71.6 Å². The zero-order chi connectivity index (χ0) is 19.4. The maximum absolute atomic E-state index is 5.05. The van der Waals surface area contributed by atoms with E-state index in [9.17, 15) is 0 Å². The number of thiazole rings is 1. The molecule has 3 aromatic rings. The highest BCUT2D eigenvalue weighted by Crippen LogP contribution is 2.48. The van der Waals surface area contributed by atoms with Crippen LogP contribution in [0, 0.1) is 6.92 Å². The molecule has 3 heteroatoms. The quantitative estimate of drug-likeness (QED) is 0.441. The Morgan fingerprint density at radius 1 is 1.00 bits per heavy atom. The zero-order valence-corrected chi connectivity index (χ0v) is 18.9. The van der Waals surface area contributed by atoms with E-state index in [0.717, 1.165) is 17.1 Å². The average Bonchev–Trinajstić information content (AvgIpc) is 3.26. The molecule has 1 nitrogen and oxygen atoms in total. The number of aromatic nitrogens is 1. The summed E-state index contributed by atoms with van der Waals surface area (Å²) in [7, 11) is 0. The largest absolute Gasteiger partial charge is 0.235 e. The van der Waals surface area contributed by atoms with E-state index < -0.39 is 0 Å². The van der Waals surface area contributed by atoms with Gasteiger partial charge in [-0.3, -0.25) is 0 Å². The molecule has 4 rings (SSSR count). The Labute approximate surface area is 171 Å². The van der Waals surface area contributed by atoms with E-state index in [4.69, 9.17) is 4.98 Å². The molecule has 0 N–H and O–H groups in total. The fourth-order valence-electron chi connectivity index (χ4n) is 4.28. The molecule has 0 spiro atoms. The lowest BCUT2D eigenvalue weighted by molar-refractivity contribution is 0.331. The summed E-state index contributed by atoms with van der Waals surface area (Å²) in [5.41, 5.74) is 8.78. The molecule has 1 aromatic carbocycles. The van der Waals surface area contributed by atoms with Crippen LogP contribution in [0.15, 0.2) is 29.0 Å². The third-order valence-corrected chi connectivity index (χ3v) is 8.31. The minimum absolute atomic E-state index is 0.231. The van der Waals surface area contributed by atoms with Gasteiger partial charge in [-0.2, -0.15) is 0 Å². The van der Waals surface area contributed by atoms with Gasteiger partial charge in [-0.15, -0.1) is 22.7 Å². The van der Waals surface area contributed by atoms with Crippen LogP contribution in [-0.4, -0.2) is 4.98 Å². The second-order valence-corrected chi connectivity index (χ2v) is 10.9. The van der Waals surface area contributed by atoms with Gasteiger partial charge in [-0.1, -0.05) is 40.7 Å². The highest BCUT2D eigenvalue weighted by atomic mass is 32.1. The summed E-state index contributed by atoms with van der Waals surface area (Å²) in [5, 5.41) is 5.56. The molecule has 2 heterocycles. The Kier molecular flexibility index (Phi) is 4.59. The van der Waals surface area contributed by atoms with Gasteiger partial charge in [0.25, 0.3) is 0 Å². The Hall–Kier alpha value is -1.45. The van der Waals surface area contributed by atoms with E-state index in [1.165, 1.54) is 40.0 Å². The van der Waals surface area contributed by atoms with Crippen LogP contribution in [0.5, 0.6) is 0 Å². The Balaban J connectivity index is 1.87. The minimum Gasteiger partial charge on any atom is -0.235 e.